The molecular formula is C20H22N2O7. The van der Waals surface area contributed by atoms with Crippen LogP contribution in [0.1, 0.15) is 46.0 Å². The molecule has 0 fully saturated rings. The molecule has 0 spiro atoms. The van der Waals surface area contributed by atoms with Gasteiger partial charge in [0.25, 0.3) is 5.91 Å². The van der Waals surface area contributed by atoms with E-state index in [0.29, 0.717) is 28.4 Å². The highest BCUT2D eigenvalue weighted by Crippen LogP contribution is 2.34. The van der Waals surface area contributed by atoms with Crippen molar-refractivity contribution >= 4 is 23.5 Å². The lowest BCUT2D eigenvalue weighted by molar-refractivity contribution is -0.119. The average Bonchev–Trinajstić information content (AvgIpc) is 3.22. The first-order chi connectivity index (χ1) is 13.8. The van der Waals surface area contributed by atoms with Gasteiger partial charge >= 0.3 is 11.9 Å². The third-order valence-electron chi connectivity index (χ3n) is 4.18. The molecule has 154 valence electrons. The molecule has 9 heteroatoms. The van der Waals surface area contributed by atoms with Gasteiger partial charge in [0.15, 0.2) is 18.1 Å². The van der Waals surface area contributed by atoms with Crippen LogP contribution in [0.2, 0.25) is 0 Å². The molecule has 0 unspecified atom stereocenters. The number of hydrogen-bond acceptors (Lipinski definition) is 7. The summed E-state index contributed by atoms with van der Waals surface area (Å²) in [5.74, 6) is -0.657. The van der Waals surface area contributed by atoms with Gasteiger partial charge in [0, 0.05) is 17.4 Å². The molecule has 1 aromatic carbocycles. The average molecular weight is 402 g/mol. The molecule has 3 rings (SSSR count). The Morgan fingerprint density at radius 3 is 2.59 bits per heavy atom. The second-order valence-corrected chi connectivity index (χ2v) is 6.77. The van der Waals surface area contributed by atoms with E-state index in [9.17, 15) is 14.4 Å². The van der Waals surface area contributed by atoms with Gasteiger partial charge in [0.1, 0.15) is 5.69 Å². The summed E-state index contributed by atoms with van der Waals surface area (Å²) in [6.45, 7) is 6.39. The summed E-state index contributed by atoms with van der Waals surface area (Å²) in [6, 6.07) is 4.94. The zero-order chi connectivity index (χ0) is 21.1. The fourth-order valence-corrected chi connectivity index (χ4v) is 2.91. The third kappa shape index (κ3) is 4.50. The summed E-state index contributed by atoms with van der Waals surface area (Å²) >= 11 is 0. The van der Waals surface area contributed by atoms with E-state index in [4.69, 9.17) is 18.9 Å². The number of aromatic amines is 1. The van der Waals surface area contributed by atoms with Crippen LogP contribution in [-0.4, -0.2) is 42.3 Å². The smallest absolute Gasteiger partial charge is 0.355 e. The van der Waals surface area contributed by atoms with Gasteiger partial charge in [-0.25, -0.2) is 9.59 Å². The Labute approximate surface area is 167 Å². The molecule has 2 aromatic rings. The number of carbonyl (C=O) groups is 3. The van der Waals surface area contributed by atoms with Crippen LogP contribution in [0.4, 0.5) is 5.69 Å². The summed E-state index contributed by atoms with van der Waals surface area (Å²) in [7, 11) is 0. The maximum atomic E-state index is 12.4. The third-order valence-corrected chi connectivity index (χ3v) is 4.18. The van der Waals surface area contributed by atoms with Gasteiger partial charge in [-0.15, -0.1) is 0 Å². The molecule has 9 nitrogen and oxygen atoms in total. The van der Waals surface area contributed by atoms with Gasteiger partial charge in [-0.3, -0.25) is 4.79 Å². The van der Waals surface area contributed by atoms with Crippen LogP contribution >= 0.6 is 0 Å². The molecule has 29 heavy (non-hydrogen) atoms. The number of esters is 2. The Morgan fingerprint density at radius 1 is 1.14 bits per heavy atom. The molecule has 2 N–H and O–H groups in total. The van der Waals surface area contributed by atoms with Crippen molar-refractivity contribution in [3.63, 3.8) is 0 Å². The van der Waals surface area contributed by atoms with Crippen LogP contribution in [0, 0.1) is 13.8 Å². The summed E-state index contributed by atoms with van der Waals surface area (Å²) in [4.78, 5) is 39.5. The molecule has 0 saturated heterocycles. The molecule has 1 aliphatic heterocycles. The first-order valence-electron chi connectivity index (χ1n) is 9.03. The second kappa shape index (κ2) is 8.26. The minimum Gasteiger partial charge on any atom is -0.459 e. The lowest BCUT2D eigenvalue weighted by Gasteiger charge is -2.08. The van der Waals surface area contributed by atoms with Crippen molar-refractivity contribution in [3.8, 4) is 11.5 Å². The van der Waals surface area contributed by atoms with Crippen molar-refractivity contribution in [2.24, 2.45) is 0 Å². The Hall–Kier alpha value is -3.49. The maximum Gasteiger partial charge on any atom is 0.355 e. The lowest BCUT2D eigenvalue weighted by Crippen LogP contribution is -2.21. The zero-order valence-electron chi connectivity index (χ0n) is 16.6. The fraction of sp³-hybridized carbons (Fsp3) is 0.350. The number of amides is 1. The molecule has 0 aliphatic carbocycles. The lowest BCUT2D eigenvalue weighted by atomic mass is 10.1. The number of hydrogen-bond donors (Lipinski definition) is 2. The summed E-state index contributed by atoms with van der Waals surface area (Å²) in [5.41, 5.74) is 1.78. The highest BCUT2D eigenvalue weighted by Gasteiger charge is 2.25. The summed E-state index contributed by atoms with van der Waals surface area (Å²) in [6.07, 6.45) is -0.286. The molecule has 0 saturated carbocycles. The number of anilines is 1. The predicted octanol–water partition coefficient (Wildman–Crippen LogP) is 2.72. The minimum absolute atomic E-state index is 0.106. The SMILES string of the molecule is Cc1[nH]c(C(=O)OCC(=O)Nc2ccc3c(c2)OCO3)c(C)c1C(=O)OC(C)C. The zero-order valence-corrected chi connectivity index (χ0v) is 16.6. The first kappa shape index (κ1) is 20.2. The monoisotopic (exact) mass is 402 g/mol. The van der Waals surface area contributed by atoms with Crippen molar-refractivity contribution in [2.75, 3.05) is 18.7 Å². The highest BCUT2D eigenvalue weighted by molar-refractivity contribution is 6.00. The van der Waals surface area contributed by atoms with E-state index in [-0.39, 0.29) is 24.2 Å². The Bertz CT molecular complexity index is 962. The Balaban J connectivity index is 1.60. The van der Waals surface area contributed by atoms with Crippen LogP contribution in [0.5, 0.6) is 11.5 Å². The summed E-state index contributed by atoms with van der Waals surface area (Å²) in [5, 5.41) is 2.61. The van der Waals surface area contributed by atoms with E-state index in [1.807, 2.05) is 0 Å². The van der Waals surface area contributed by atoms with Gasteiger partial charge in [-0.1, -0.05) is 0 Å². The fourth-order valence-electron chi connectivity index (χ4n) is 2.91. The number of H-pyrrole nitrogens is 1. The van der Waals surface area contributed by atoms with Crippen molar-refractivity contribution in [3.05, 3.63) is 40.7 Å². The molecule has 1 aliphatic rings. The Morgan fingerprint density at radius 2 is 1.86 bits per heavy atom. The molecule has 1 aromatic heterocycles. The van der Waals surface area contributed by atoms with Crippen LogP contribution in [0.3, 0.4) is 0 Å². The van der Waals surface area contributed by atoms with Crippen LogP contribution < -0.4 is 14.8 Å². The molecule has 0 atom stereocenters. The van der Waals surface area contributed by atoms with E-state index >= 15 is 0 Å². The minimum atomic E-state index is -0.741. The second-order valence-electron chi connectivity index (χ2n) is 6.77. The van der Waals surface area contributed by atoms with Gasteiger partial charge in [-0.05, 0) is 45.4 Å². The van der Waals surface area contributed by atoms with E-state index in [1.165, 1.54) is 0 Å². The highest BCUT2D eigenvalue weighted by atomic mass is 16.7. The van der Waals surface area contributed by atoms with Crippen LogP contribution in [-0.2, 0) is 14.3 Å². The van der Waals surface area contributed by atoms with E-state index in [1.54, 1.807) is 45.9 Å². The van der Waals surface area contributed by atoms with Crippen molar-refractivity contribution in [1.82, 2.24) is 4.98 Å². The van der Waals surface area contributed by atoms with Gasteiger partial charge < -0.3 is 29.2 Å². The molecular weight excluding hydrogens is 380 g/mol. The normalized spacial score (nSPS) is 12.0. The quantitative estimate of drug-likeness (QED) is 0.714. The van der Waals surface area contributed by atoms with Crippen LogP contribution in [0.15, 0.2) is 18.2 Å². The molecule has 2 heterocycles. The largest absolute Gasteiger partial charge is 0.459 e. The number of aromatic nitrogens is 1. The van der Waals surface area contributed by atoms with Crippen LogP contribution in [0.25, 0.3) is 0 Å². The first-order valence-corrected chi connectivity index (χ1v) is 9.03. The number of benzene rings is 1. The predicted molar refractivity (Wildman–Crippen MR) is 102 cm³/mol. The van der Waals surface area contributed by atoms with Crippen molar-refractivity contribution in [1.29, 1.82) is 0 Å². The molecule has 1 amide bonds. The summed E-state index contributed by atoms with van der Waals surface area (Å²) < 4.78 is 20.7. The molecule has 0 radical (unpaired) electrons. The van der Waals surface area contributed by atoms with Gasteiger partial charge in [0.05, 0.1) is 11.7 Å². The number of rotatable bonds is 6. The molecule has 0 bridgehead atoms. The Kier molecular flexibility index (Phi) is 5.76. The van der Waals surface area contributed by atoms with Gasteiger partial charge in [0.2, 0.25) is 6.79 Å². The van der Waals surface area contributed by atoms with Gasteiger partial charge in [-0.2, -0.15) is 0 Å². The van der Waals surface area contributed by atoms with Crippen molar-refractivity contribution < 1.29 is 33.3 Å². The maximum absolute atomic E-state index is 12.4. The number of nitrogens with one attached hydrogen (secondary N) is 2. The van der Waals surface area contributed by atoms with E-state index in [2.05, 4.69) is 10.3 Å². The standard InChI is InChI=1S/C20H22N2O7/c1-10(2)29-19(24)17-11(3)18(21-12(17)4)20(25)26-8-16(23)22-13-5-6-14-15(7-13)28-9-27-14/h5-7,10,21H,8-9H2,1-4H3,(H,22,23). The number of ether oxygens (including phenoxy) is 4. The number of aryl methyl sites for hydroxylation is 1. The number of carbonyl (C=O) groups excluding carboxylic acids is 3. The number of fused-ring (bicyclic) bond motifs is 1. The van der Waals surface area contributed by atoms with E-state index in [0.717, 1.165) is 0 Å². The van der Waals surface area contributed by atoms with Crippen molar-refractivity contribution in [2.45, 2.75) is 33.8 Å². The van der Waals surface area contributed by atoms with E-state index < -0.39 is 24.5 Å². The topological polar surface area (TPSA) is 116 Å².